The Balaban J connectivity index is 2.03. The zero-order chi connectivity index (χ0) is 23.3. The smallest absolute Gasteiger partial charge is 0.312 e. The van der Waals surface area contributed by atoms with E-state index < -0.39 is 18.3 Å². The number of carbonyl (C=O) groups is 3. The first-order valence-corrected chi connectivity index (χ1v) is 10.7. The highest BCUT2D eigenvalue weighted by atomic mass is 16.4. The largest absolute Gasteiger partial charge is 0.481 e. The number of carboxylic acids is 1. The molecule has 7 nitrogen and oxygen atoms in total. The Morgan fingerprint density at radius 1 is 1.12 bits per heavy atom. The summed E-state index contributed by atoms with van der Waals surface area (Å²) < 4.78 is 0. The summed E-state index contributed by atoms with van der Waals surface area (Å²) in [5, 5.41) is 9.12. The zero-order valence-corrected chi connectivity index (χ0v) is 18.5. The number of hydrogen-bond donors (Lipinski definition) is 2. The summed E-state index contributed by atoms with van der Waals surface area (Å²) >= 11 is 0. The zero-order valence-electron chi connectivity index (χ0n) is 18.5. The van der Waals surface area contributed by atoms with Crippen LogP contribution in [-0.4, -0.2) is 39.2 Å². The molecule has 1 atom stereocenters. The lowest BCUT2D eigenvalue weighted by molar-refractivity contribution is -0.146. The number of nitrogens with two attached hydrogens (primary N) is 1. The number of carbonyl (C=O) groups excluding carboxylic acids is 2. The van der Waals surface area contributed by atoms with Gasteiger partial charge in [-0.05, 0) is 48.6 Å². The quantitative estimate of drug-likeness (QED) is 0.486. The van der Waals surface area contributed by atoms with Crippen LogP contribution in [0.3, 0.4) is 0 Å². The van der Waals surface area contributed by atoms with Crippen molar-refractivity contribution in [1.82, 2.24) is 9.80 Å². The molecule has 7 heteroatoms. The maximum Gasteiger partial charge on any atom is 0.312 e. The SMILES string of the molecule is CCCN(C(=O)CC(=O)O)C1=C(C)CC(c2ccccc2)N(Cc2ccc(N)cc2)C1=O. The minimum absolute atomic E-state index is 0.192. The number of anilines is 1. The van der Waals surface area contributed by atoms with E-state index >= 15 is 0 Å². The van der Waals surface area contributed by atoms with E-state index in [4.69, 9.17) is 10.8 Å². The average molecular weight is 436 g/mol. The Labute approximate surface area is 188 Å². The van der Waals surface area contributed by atoms with Crippen LogP contribution in [-0.2, 0) is 20.9 Å². The van der Waals surface area contributed by atoms with Crippen LogP contribution >= 0.6 is 0 Å². The Hall–Kier alpha value is -3.61. The molecule has 0 spiro atoms. The summed E-state index contributed by atoms with van der Waals surface area (Å²) in [5.41, 5.74) is 9.46. The molecule has 32 heavy (non-hydrogen) atoms. The first kappa shape index (κ1) is 23.1. The van der Waals surface area contributed by atoms with Crippen LogP contribution in [0.1, 0.15) is 50.3 Å². The summed E-state index contributed by atoms with van der Waals surface area (Å²) in [5.74, 6) is -2.06. The molecule has 0 radical (unpaired) electrons. The molecule has 0 saturated heterocycles. The molecule has 0 aliphatic carbocycles. The predicted molar refractivity (Wildman–Crippen MR) is 122 cm³/mol. The van der Waals surface area contributed by atoms with Gasteiger partial charge in [0.15, 0.2) is 0 Å². The van der Waals surface area contributed by atoms with Crippen molar-refractivity contribution in [2.45, 2.75) is 45.7 Å². The molecule has 0 bridgehead atoms. The van der Waals surface area contributed by atoms with E-state index in [1.54, 1.807) is 17.0 Å². The lowest BCUT2D eigenvalue weighted by atomic mass is 9.91. The van der Waals surface area contributed by atoms with Gasteiger partial charge in [-0.25, -0.2) is 0 Å². The summed E-state index contributed by atoms with van der Waals surface area (Å²) in [6, 6.07) is 17.0. The van der Waals surface area contributed by atoms with Crippen molar-refractivity contribution in [2.24, 2.45) is 0 Å². The van der Waals surface area contributed by atoms with Crippen molar-refractivity contribution >= 4 is 23.5 Å². The van der Waals surface area contributed by atoms with Crippen molar-refractivity contribution in [2.75, 3.05) is 12.3 Å². The van der Waals surface area contributed by atoms with Gasteiger partial charge in [0.05, 0.1) is 6.04 Å². The normalized spacial score (nSPS) is 16.2. The molecule has 3 rings (SSSR count). The highest BCUT2D eigenvalue weighted by Crippen LogP contribution is 2.37. The van der Waals surface area contributed by atoms with Gasteiger partial charge in [-0.1, -0.05) is 49.4 Å². The second-order valence-corrected chi connectivity index (χ2v) is 8.05. The molecule has 2 aromatic carbocycles. The summed E-state index contributed by atoms with van der Waals surface area (Å²) in [6.45, 7) is 4.38. The Morgan fingerprint density at radius 3 is 2.38 bits per heavy atom. The van der Waals surface area contributed by atoms with Gasteiger partial charge >= 0.3 is 5.97 Å². The molecule has 168 valence electrons. The number of amides is 2. The van der Waals surface area contributed by atoms with Crippen molar-refractivity contribution in [1.29, 1.82) is 0 Å². The molecule has 0 aromatic heterocycles. The first-order valence-electron chi connectivity index (χ1n) is 10.7. The van der Waals surface area contributed by atoms with Crippen molar-refractivity contribution in [3.63, 3.8) is 0 Å². The fraction of sp³-hybridized carbons (Fsp3) is 0.320. The standard InChI is InChI=1S/C25H29N3O4/c1-3-13-27(22(29)15-23(30)31)24-17(2)14-21(19-7-5-4-6-8-19)28(25(24)32)16-18-9-11-20(26)12-10-18/h4-12,21H,3,13-16,26H2,1-2H3,(H,30,31). The van der Waals surface area contributed by atoms with Gasteiger partial charge in [-0.3, -0.25) is 14.4 Å². The molecule has 2 aromatic rings. The number of nitrogens with zero attached hydrogens (tertiary/aromatic N) is 2. The molecular weight excluding hydrogens is 406 g/mol. The minimum Gasteiger partial charge on any atom is -0.481 e. The fourth-order valence-electron chi connectivity index (χ4n) is 4.09. The molecule has 2 amide bonds. The van der Waals surface area contributed by atoms with Crippen LogP contribution in [0.5, 0.6) is 0 Å². The first-order chi connectivity index (χ1) is 15.3. The number of rotatable bonds is 8. The average Bonchev–Trinajstić information content (AvgIpc) is 2.76. The molecule has 0 saturated carbocycles. The second-order valence-electron chi connectivity index (χ2n) is 8.05. The van der Waals surface area contributed by atoms with Crippen LogP contribution in [0.4, 0.5) is 5.69 Å². The third-order valence-electron chi connectivity index (χ3n) is 5.58. The van der Waals surface area contributed by atoms with Crippen LogP contribution < -0.4 is 5.73 Å². The van der Waals surface area contributed by atoms with E-state index in [1.807, 2.05) is 56.3 Å². The minimum atomic E-state index is -1.21. The van der Waals surface area contributed by atoms with E-state index in [-0.39, 0.29) is 18.5 Å². The number of aliphatic carboxylic acids is 1. The van der Waals surface area contributed by atoms with Crippen molar-refractivity contribution < 1.29 is 19.5 Å². The Bertz CT molecular complexity index is 1020. The molecule has 1 heterocycles. The highest BCUT2D eigenvalue weighted by Gasteiger charge is 2.38. The van der Waals surface area contributed by atoms with Gasteiger partial charge in [-0.15, -0.1) is 0 Å². The Morgan fingerprint density at radius 2 is 1.78 bits per heavy atom. The van der Waals surface area contributed by atoms with Crippen molar-refractivity contribution in [3.05, 3.63) is 77.0 Å². The number of hydrogen-bond acceptors (Lipinski definition) is 4. The maximum absolute atomic E-state index is 13.8. The van der Waals surface area contributed by atoms with Gasteiger partial charge in [0, 0.05) is 18.8 Å². The van der Waals surface area contributed by atoms with Gasteiger partial charge in [0.1, 0.15) is 12.1 Å². The molecular formula is C25H29N3O4. The van der Waals surface area contributed by atoms with Crippen LogP contribution in [0.2, 0.25) is 0 Å². The second kappa shape index (κ2) is 10.1. The summed E-state index contributed by atoms with van der Waals surface area (Å²) in [4.78, 5) is 40.8. The summed E-state index contributed by atoms with van der Waals surface area (Å²) in [7, 11) is 0. The van der Waals surface area contributed by atoms with Gasteiger partial charge in [0.2, 0.25) is 5.91 Å². The topological polar surface area (TPSA) is 104 Å². The number of nitrogen functional groups attached to an aromatic ring is 1. The maximum atomic E-state index is 13.8. The van der Waals surface area contributed by atoms with E-state index in [0.29, 0.717) is 30.8 Å². The monoisotopic (exact) mass is 435 g/mol. The molecule has 1 unspecified atom stereocenters. The van der Waals surface area contributed by atoms with Gasteiger partial charge in [0.25, 0.3) is 5.91 Å². The van der Waals surface area contributed by atoms with E-state index in [0.717, 1.165) is 16.7 Å². The van der Waals surface area contributed by atoms with Crippen LogP contribution in [0.15, 0.2) is 65.9 Å². The van der Waals surface area contributed by atoms with Crippen LogP contribution in [0.25, 0.3) is 0 Å². The molecule has 0 fully saturated rings. The lowest BCUT2D eigenvalue weighted by Crippen LogP contribution is -2.46. The molecule has 3 N–H and O–H groups in total. The highest BCUT2D eigenvalue weighted by molar-refractivity contribution is 6.02. The summed E-state index contributed by atoms with van der Waals surface area (Å²) in [6.07, 6.45) is 0.514. The molecule has 1 aliphatic rings. The predicted octanol–water partition coefficient (Wildman–Crippen LogP) is 3.73. The third-order valence-corrected chi connectivity index (χ3v) is 5.58. The van der Waals surface area contributed by atoms with E-state index in [1.165, 1.54) is 4.90 Å². The van der Waals surface area contributed by atoms with Crippen molar-refractivity contribution in [3.8, 4) is 0 Å². The Kier molecular flexibility index (Phi) is 7.30. The van der Waals surface area contributed by atoms with Gasteiger partial charge < -0.3 is 20.6 Å². The van der Waals surface area contributed by atoms with E-state index in [9.17, 15) is 14.4 Å². The number of carboxylic acid groups (broad SMARTS) is 1. The number of benzene rings is 2. The molecule has 1 aliphatic heterocycles. The third kappa shape index (κ3) is 5.17. The van der Waals surface area contributed by atoms with E-state index in [2.05, 4.69) is 0 Å². The van der Waals surface area contributed by atoms with Gasteiger partial charge in [-0.2, -0.15) is 0 Å². The fourth-order valence-corrected chi connectivity index (χ4v) is 4.09. The lowest BCUT2D eigenvalue weighted by Gasteiger charge is -2.40. The van der Waals surface area contributed by atoms with Crippen LogP contribution in [0, 0.1) is 0 Å².